The molecular formula is C6H7NOS. The Labute approximate surface area is 57.4 Å². The predicted octanol–water partition coefficient (Wildman–Crippen LogP) is 1.95. The molecule has 0 spiro atoms. The Morgan fingerprint density at radius 3 is 3.00 bits per heavy atom. The van der Waals surface area contributed by atoms with Crippen LogP contribution >= 0.6 is 11.3 Å². The van der Waals surface area contributed by atoms with Crippen LogP contribution in [0, 0.1) is 0 Å². The van der Waals surface area contributed by atoms with E-state index in [1.54, 1.807) is 18.3 Å². The van der Waals surface area contributed by atoms with Crippen LogP contribution in [0.25, 0.3) is 0 Å². The zero-order chi connectivity index (χ0) is 6.69. The lowest BCUT2D eigenvalue weighted by molar-refractivity contribution is 0.319. The van der Waals surface area contributed by atoms with E-state index in [1.807, 2.05) is 16.8 Å². The van der Waals surface area contributed by atoms with Gasteiger partial charge in [0.2, 0.25) is 0 Å². The Kier molecular flexibility index (Phi) is 1.85. The maximum absolute atomic E-state index is 8.30. The largest absolute Gasteiger partial charge is 0.411 e. The summed E-state index contributed by atoms with van der Waals surface area (Å²) in [6.45, 7) is 1.77. The monoisotopic (exact) mass is 141 g/mol. The van der Waals surface area contributed by atoms with E-state index in [-0.39, 0.29) is 0 Å². The predicted molar refractivity (Wildman–Crippen MR) is 38.3 cm³/mol. The summed E-state index contributed by atoms with van der Waals surface area (Å²) in [5, 5.41) is 15.2. The number of rotatable bonds is 1. The fourth-order valence-electron chi connectivity index (χ4n) is 0.528. The Morgan fingerprint density at radius 2 is 2.56 bits per heavy atom. The number of hydrogen-bond donors (Lipinski definition) is 1. The van der Waals surface area contributed by atoms with Crippen molar-refractivity contribution in [3.8, 4) is 0 Å². The highest BCUT2D eigenvalue weighted by molar-refractivity contribution is 7.08. The van der Waals surface area contributed by atoms with Crippen molar-refractivity contribution in [2.75, 3.05) is 0 Å². The minimum absolute atomic E-state index is 0.663. The Morgan fingerprint density at radius 1 is 1.78 bits per heavy atom. The van der Waals surface area contributed by atoms with Crippen LogP contribution in [-0.2, 0) is 0 Å². The molecule has 0 unspecified atom stereocenters. The second kappa shape index (κ2) is 2.64. The minimum Gasteiger partial charge on any atom is -0.411 e. The van der Waals surface area contributed by atoms with Crippen LogP contribution < -0.4 is 0 Å². The molecule has 0 aliphatic carbocycles. The van der Waals surface area contributed by atoms with E-state index in [2.05, 4.69) is 5.16 Å². The molecule has 48 valence electrons. The molecule has 1 rings (SSSR count). The van der Waals surface area contributed by atoms with E-state index in [1.165, 1.54) is 0 Å². The van der Waals surface area contributed by atoms with Crippen LogP contribution in [0.4, 0.5) is 0 Å². The van der Waals surface area contributed by atoms with E-state index in [0.717, 1.165) is 5.56 Å². The van der Waals surface area contributed by atoms with E-state index < -0.39 is 0 Å². The van der Waals surface area contributed by atoms with Crippen LogP contribution in [0.5, 0.6) is 0 Å². The van der Waals surface area contributed by atoms with Gasteiger partial charge in [-0.15, -0.1) is 0 Å². The lowest BCUT2D eigenvalue weighted by atomic mass is 10.2. The summed E-state index contributed by atoms with van der Waals surface area (Å²) >= 11 is 1.59. The summed E-state index contributed by atoms with van der Waals surface area (Å²) in [5.41, 5.74) is 1.65. The van der Waals surface area contributed by atoms with Gasteiger partial charge in [0, 0.05) is 5.56 Å². The summed E-state index contributed by atoms with van der Waals surface area (Å²) in [7, 11) is 0. The zero-order valence-electron chi connectivity index (χ0n) is 5.03. The van der Waals surface area contributed by atoms with Crippen molar-refractivity contribution in [1.29, 1.82) is 0 Å². The topological polar surface area (TPSA) is 32.6 Å². The molecule has 2 nitrogen and oxygen atoms in total. The number of hydrogen-bond acceptors (Lipinski definition) is 3. The van der Waals surface area contributed by atoms with Gasteiger partial charge in [0.15, 0.2) is 0 Å². The molecule has 0 aliphatic heterocycles. The van der Waals surface area contributed by atoms with E-state index in [0.29, 0.717) is 5.71 Å². The van der Waals surface area contributed by atoms with Gasteiger partial charge in [0.05, 0.1) is 5.71 Å². The summed E-state index contributed by atoms with van der Waals surface area (Å²) in [6, 6.07) is 1.92. The normalized spacial score (nSPS) is 11.9. The van der Waals surface area contributed by atoms with Gasteiger partial charge in [-0.05, 0) is 23.8 Å². The first-order valence-corrected chi connectivity index (χ1v) is 3.50. The highest BCUT2D eigenvalue weighted by atomic mass is 32.1. The van der Waals surface area contributed by atoms with Crippen molar-refractivity contribution < 1.29 is 5.21 Å². The number of oxime groups is 1. The molecule has 1 N–H and O–H groups in total. The van der Waals surface area contributed by atoms with Gasteiger partial charge in [-0.3, -0.25) is 0 Å². The molecule has 0 bridgehead atoms. The lowest BCUT2D eigenvalue weighted by Crippen LogP contribution is -1.89. The molecule has 0 atom stereocenters. The smallest absolute Gasteiger partial charge is 0.0845 e. The van der Waals surface area contributed by atoms with Crippen LogP contribution in [0.15, 0.2) is 22.0 Å². The molecule has 0 saturated heterocycles. The van der Waals surface area contributed by atoms with Crippen molar-refractivity contribution >= 4 is 17.0 Å². The standard InChI is InChI=1S/C6H7NOS/c1-5(7-8)6-2-3-9-4-6/h2-4,8H,1H3/b7-5+. The van der Waals surface area contributed by atoms with E-state index in [9.17, 15) is 0 Å². The minimum atomic E-state index is 0.663. The van der Waals surface area contributed by atoms with Gasteiger partial charge in [-0.2, -0.15) is 11.3 Å². The molecular weight excluding hydrogens is 134 g/mol. The summed E-state index contributed by atoms with van der Waals surface area (Å²) in [5.74, 6) is 0. The first kappa shape index (κ1) is 6.29. The third-order valence-electron chi connectivity index (χ3n) is 1.09. The summed E-state index contributed by atoms with van der Waals surface area (Å²) in [4.78, 5) is 0. The maximum atomic E-state index is 8.30. The summed E-state index contributed by atoms with van der Waals surface area (Å²) in [6.07, 6.45) is 0. The van der Waals surface area contributed by atoms with Crippen molar-refractivity contribution in [3.05, 3.63) is 22.4 Å². The highest BCUT2D eigenvalue weighted by Crippen LogP contribution is 2.06. The molecule has 0 aliphatic rings. The van der Waals surface area contributed by atoms with Crippen LogP contribution in [0.2, 0.25) is 0 Å². The van der Waals surface area contributed by atoms with Gasteiger partial charge >= 0.3 is 0 Å². The lowest BCUT2D eigenvalue weighted by Gasteiger charge is -1.87. The molecule has 1 aromatic heterocycles. The Hall–Kier alpha value is -0.830. The third-order valence-corrected chi connectivity index (χ3v) is 1.77. The number of nitrogens with zero attached hydrogens (tertiary/aromatic N) is 1. The average Bonchev–Trinajstić information content (AvgIpc) is 2.37. The molecule has 9 heavy (non-hydrogen) atoms. The highest BCUT2D eigenvalue weighted by Gasteiger charge is 1.94. The molecule has 0 saturated carbocycles. The number of thiophene rings is 1. The van der Waals surface area contributed by atoms with Crippen LogP contribution in [0.3, 0.4) is 0 Å². The fourth-order valence-corrected chi connectivity index (χ4v) is 1.23. The van der Waals surface area contributed by atoms with Crippen molar-refractivity contribution in [3.63, 3.8) is 0 Å². The molecule has 0 fully saturated rings. The first-order valence-electron chi connectivity index (χ1n) is 2.56. The third kappa shape index (κ3) is 1.29. The van der Waals surface area contributed by atoms with Gasteiger partial charge in [0.1, 0.15) is 0 Å². The molecule has 1 heterocycles. The van der Waals surface area contributed by atoms with Crippen molar-refractivity contribution in [2.24, 2.45) is 5.16 Å². The fraction of sp³-hybridized carbons (Fsp3) is 0.167. The van der Waals surface area contributed by atoms with Crippen molar-refractivity contribution in [2.45, 2.75) is 6.92 Å². The zero-order valence-corrected chi connectivity index (χ0v) is 5.85. The second-order valence-corrected chi connectivity index (χ2v) is 2.48. The molecule has 0 amide bonds. The second-order valence-electron chi connectivity index (χ2n) is 1.70. The SMILES string of the molecule is C/C(=N\O)c1ccsc1. The van der Waals surface area contributed by atoms with Gasteiger partial charge < -0.3 is 5.21 Å². The van der Waals surface area contributed by atoms with Crippen LogP contribution in [0.1, 0.15) is 12.5 Å². The van der Waals surface area contributed by atoms with E-state index in [4.69, 9.17) is 5.21 Å². The average molecular weight is 141 g/mol. The molecule has 0 aromatic carbocycles. The van der Waals surface area contributed by atoms with Crippen LogP contribution in [-0.4, -0.2) is 10.9 Å². The summed E-state index contributed by atoms with van der Waals surface area (Å²) < 4.78 is 0. The molecule has 3 heteroatoms. The van der Waals surface area contributed by atoms with E-state index >= 15 is 0 Å². The molecule has 0 radical (unpaired) electrons. The van der Waals surface area contributed by atoms with Gasteiger partial charge in [0.25, 0.3) is 0 Å². The molecule has 1 aromatic rings. The Balaban J connectivity index is 2.90. The quantitative estimate of drug-likeness (QED) is 0.362. The van der Waals surface area contributed by atoms with Crippen molar-refractivity contribution in [1.82, 2.24) is 0 Å². The first-order chi connectivity index (χ1) is 4.34. The maximum Gasteiger partial charge on any atom is 0.0845 e. The Bertz CT molecular complexity index is 203. The van der Waals surface area contributed by atoms with Gasteiger partial charge in [-0.1, -0.05) is 5.16 Å². The van der Waals surface area contributed by atoms with Gasteiger partial charge in [-0.25, -0.2) is 0 Å².